The second-order valence-electron chi connectivity index (χ2n) is 9.77. The Morgan fingerprint density at radius 1 is 0.919 bits per heavy atom. The van der Waals surface area contributed by atoms with Crippen LogP contribution in [-0.2, 0) is 14.3 Å². The van der Waals surface area contributed by atoms with Crippen LogP contribution in [0.1, 0.15) is 38.8 Å². The van der Waals surface area contributed by atoms with Crippen LogP contribution in [0.4, 0.5) is 14.5 Å². The third-order valence-electron chi connectivity index (χ3n) is 5.83. The zero-order valence-corrected chi connectivity index (χ0v) is 21.8. The number of thioether (sulfide) groups is 1. The summed E-state index contributed by atoms with van der Waals surface area (Å²) >= 11 is 1.57. The standard InChI is InChI=1S/C29H29F2NO4S/c1-29(2,3)36-26(33)18-35-23-12-4-19(5-13-23)27-25(16-17-37-24-14-8-21(31)9-15-24)28(34)32(27)22-10-6-20(30)7-11-22/h4-15,25,27H,16-18H2,1-3H3. The number of carbonyl (C=O) groups is 2. The Morgan fingerprint density at radius 2 is 1.51 bits per heavy atom. The summed E-state index contributed by atoms with van der Waals surface area (Å²) in [5, 5.41) is 0. The molecule has 37 heavy (non-hydrogen) atoms. The lowest BCUT2D eigenvalue weighted by Gasteiger charge is -2.47. The number of anilines is 1. The van der Waals surface area contributed by atoms with Crippen molar-refractivity contribution in [1.29, 1.82) is 0 Å². The van der Waals surface area contributed by atoms with Crippen LogP contribution < -0.4 is 9.64 Å². The average Bonchev–Trinajstić information content (AvgIpc) is 2.85. The zero-order chi connectivity index (χ0) is 26.6. The van der Waals surface area contributed by atoms with Crippen molar-refractivity contribution in [1.82, 2.24) is 0 Å². The Bertz CT molecular complexity index is 1220. The minimum Gasteiger partial charge on any atom is -0.482 e. The van der Waals surface area contributed by atoms with E-state index in [1.54, 1.807) is 73.8 Å². The van der Waals surface area contributed by atoms with Crippen molar-refractivity contribution < 1.29 is 27.8 Å². The number of β-lactam (4-membered cyclic amide) rings is 1. The summed E-state index contributed by atoms with van der Waals surface area (Å²) in [6, 6.07) is 19.2. The Balaban J connectivity index is 1.46. The molecule has 2 atom stereocenters. The van der Waals surface area contributed by atoms with Gasteiger partial charge in [-0.05, 0) is 99.2 Å². The fraction of sp³-hybridized carbons (Fsp3) is 0.310. The molecule has 0 aliphatic carbocycles. The van der Waals surface area contributed by atoms with Crippen LogP contribution in [0, 0.1) is 17.6 Å². The van der Waals surface area contributed by atoms with Crippen LogP contribution in [0.2, 0.25) is 0 Å². The number of esters is 1. The molecule has 0 N–H and O–H groups in total. The molecule has 3 aromatic rings. The number of hydrogen-bond acceptors (Lipinski definition) is 5. The number of benzene rings is 3. The van der Waals surface area contributed by atoms with Gasteiger partial charge in [0.15, 0.2) is 6.61 Å². The molecule has 1 fully saturated rings. The van der Waals surface area contributed by atoms with Crippen molar-refractivity contribution in [3.05, 3.63) is 90.0 Å². The molecule has 1 aliphatic heterocycles. The van der Waals surface area contributed by atoms with Crippen LogP contribution in [0.5, 0.6) is 5.75 Å². The molecule has 4 rings (SSSR count). The molecule has 0 saturated carbocycles. The summed E-state index contributed by atoms with van der Waals surface area (Å²) in [7, 11) is 0. The highest BCUT2D eigenvalue weighted by molar-refractivity contribution is 7.99. The van der Waals surface area contributed by atoms with E-state index in [1.165, 1.54) is 24.3 Å². The monoisotopic (exact) mass is 525 g/mol. The molecule has 8 heteroatoms. The summed E-state index contributed by atoms with van der Waals surface area (Å²) in [4.78, 5) is 27.7. The molecule has 0 spiro atoms. The van der Waals surface area contributed by atoms with Gasteiger partial charge in [-0.15, -0.1) is 11.8 Å². The third-order valence-corrected chi connectivity index (χ3v) is 6.87. The van der Waals surface area contributed by atoms with Crippen molar-refractivity contribution >= 4 is 29.3 Å². The summed E-state index contributed by atoms with van der Waals surface area (Å²) in [5.41, 5.74) is 0.948. The van der Waals surface area contributed by atoms with Crippen LogP contribution in [0.15, 0.2) is 77.7 Å². The minimum absolute atomic E-state index is 0.0263. The van der Waals surface area contributed by atoms with E-state index in [0.29, 0.717) is 23.6 Å². The van der Waals surface area contributed by atoms with Crippen molar-refractivity contribution in [3.63, 3.8) is 0 Å². The van der Waals surface area contributed by atoms with E-state index in [-0.39, 0.29) is 36.1 Å². The van der Waals surface area contributed by atoms with Gasteiger partial charge in [0.05, 0.1) is 12.0 Å². The molecule has 0 aromatic heterocycles. The second kappa shape index (κ2) is 11.3. The van der Waals surface area contributed by atoms with Gasteiger partial charge in [0, 0.05) is 10.6 Å². The quantitative estimate of drug-likeness (QED) is 0.180. The van der Waals surface area contributed by atoms with Gasteiger partial charge < -0.3 is 14.4 Å². The summed E-state index contributed by atoms with van der Waals surface area (Å²) in [6.07, 6.45) is 0.625. The first-order valence-corrected chi connectivity index (χ1v) is 13.0. The normalized spacial score (nSPS) is 17.3. The van der Waals surface area contributed by atoms with Crippen molar-refractivity contribution in [3.8, 4) is 5.75 Å². The molecule has 1 heterocycles. The maximum Gasteiger partial charge on any atom is 0.344 e. The average molecular weight is 526 g/mol. The number of carbonyl (C=O) groups excluding carboxylic acids is 2. The smallest absolute Gasteiger partial charge is 0.344 e. The van der Waals surface area contributed by atoms with Gasteiger partial charge in [0.25, 0.3) is 0 Å². The molecular formula is C29H29F2NO4S. The van der Waals surface area contributed by atoms with Gasteiger partial charge in [-0.25, -0.2) is 13.6 Å². The van der Waals surface area contributed by atoms with E-state index in [2.05, 4.69) is 0 Å². The number of halogens is 2. The first-order chi connectivity index (χ1) is 17.6. The third kappa shape index (κ3) is 6.89. The number of rotatable bonds is 9. The van der Waals surface area contributed by atoms with Gasteiger partial charge in [-0.3, -0.25) is 4.79 Å². The molecule has 0 radical (unpaired) electrons. The predicted octanol–water partition coefficient (Wildman–Crippen LogP) is 6.57. The Hall–Kier alpha value is -3.39. The summed E-state index contributed by atoms with van der Waals surface area (Å²) < 4.78 is 37.5. The van der Waals surface area contributed by atoms with Crippen molar-refractivity contribution in [2.75, 3.05) is 17.3 Å². The van der Waals surface area contributed by atoms with Gasteiger partial charge in [0.2, 0.25) is 5.91 Å². The van der Waals surface area contributed by atoms with E-state index < -0.39 is 11.6 Å². The number of ether oxygens (including phenoxy) is 2. The van der Waals surface area contributed by atoms with Crippen molar-refractivity contribution in [2.45, 2.75) is 43.7 Å². The van der Waals surface area contributed by atoms with E-state index >= 15 is 0 Å². The van der Waals surface area contributed by atoms with Crippen LogP contribution in [0.3, 0.4) is 0 Å². The molecular weight excluding hydrogens is 496 g/mol. The number of amides is 1. The van der Waals surface area contributed by atoms with E-state index in [0.717, 1.165) is 10.5 Å². The highest BCUT2D eigenvalue weighted by Crippen LogP contribution is 2.46. The van der Waals surface area contributed by atoms with Crippen molar-refractivity contribution in [2.24, 2.45) is 5.92 Å². The topological polar surface area (TPSA) is 55.8 Å². The Kier molecular flexibility index (Phi) is 8.17. The van der Waals surface area contributed by atoms with E-state index in [9.17, 15) is 18.4 Å². The summed E-state index contributed by atoms with van der Waals surface area (Å²) in [6.45, 7) is 5.17. The molecule has 1 aliphatic rings. The van der Waals surface area contributed by atoms with Gasteiger partial charge >= 0.3 is 5.97 Å². The highest BCUT2D eigenvalue weighted by Gasteiger charge is 2.48. The maximum absolute atomic E-state index is 13.5. The molecule has 1 amide bonds. The fourth-order valence-corrected chi connectivity index (χ4v) is 5.15. The second-order valence-corrected chi connectivity index (χ2v) is 10.9. The highest BCUT2D eigenvalue weighted by atomic mass is 32.2. The molecule has 0 bridgehead atoms. The minimum atomic E-state index is -0.588. The fourth-order valence-electron chi connectivity index (χ4n) is 4.21. The van der Waals surface area contributed by atoms with Crippen LogP contribution in [-0.4, -0.2) is 29.8 Å². The maximum atomic E-state index is 13.5. The number of nitrogens with zero attached hydrogens (tertiary/aromatic N) is 1. The lowest BCUT2D eigenvalue weighted by Crippen LogP contribution is -2.55. The van der Waals surface area contributed by atoms with Crippen LogP contribution >= 0.6 is 11.8 Å². The lowest BCUT2D eigenvalue weighted by atomic mass is 9.80. The summed E-state index contributed by atoms with van der Waals surface area (Å²) in [5.74, 6) is -0.195. The van der Waals surface area contributed by atoms with Gasteiger partial charge in [-0.1, -0.05) is 12.1 Å². The lowest BCUT2D eigenvalue weighted by molar-refractivity contribution is -0.157. The Morgan fingerprint density at radius 3 is 2.11 bits per heavy atom. The molecule has 194 valence electrons. The number of hydrogen-bond donors (Lipinski definition) is 0. The Labute approximate surface area is 219 Å². The van der Waals surface area contributed by atoms with Crippen LogP contribution in [0.25, 0.3) is 0 Å². The molecule has 2 unspecified atom stereocenters. The van der Waals surface area contributed by atoms with E-state index in [1.807, 2.05) is 12.1 Å². The van der Waals surface area contributed by atoms with E-state index in [4.69, 9.17) is 9.47 Å². The van der Waals surface area contributed by atoms with Gasteiger partial charge in [0.1, 0.15) is 23.0 Å². The largest absolute Gasteiger partial charge is 0.482 e. The zero-order valence-electron chi connectivity index (χ0n) is 20.9. The SMILES string of the molecule is CC(C)(C)OC(=O)COc1ccc(C2C(CCSc3ccc(F)cc3)C(=O)N2c2ccc(F)cc2)cc1. The molecule has 1 saturated heterocycles. The van der Waals surface area contributed by atoms with Gasteiger partial charge in [-0.2, -0.15) is 0 Å². The predicted molar refractivity (Wildman–Crippen MR) is 140 cm³/mol. The molecule has 5 nitrogen and oxygen atoms in total. The first-order valence-electron chi connectivity index (χ1n) is 12.0. The first kappa shape index (κ1) is 26.7. The molecule has 3 aromatic carbocycles.